The summed E-state index contributed by atoms with van der Waals surface area (Å²) in [4.78, 5) is 25.9. The number of ether oxygens (including phenoxy) is 1. The van der Waals surface area contributed by atoms with E-state index in [2.05, 4.69) is 5.32 Å². The van der Waals surface area contributed by atoms with Gasteiger partial charge < -0.3 is 20.4 Å². The molecule has 0 aromatic rings. The molecule has 6 heteroatoms. The molecule has 0 bridgehead atoms. The van der Waals surface area contributed by atoms with Gasteiger partial charge in [0.1, 0.15) is 5.60 Å². The van der Waals surface area contributed by atoms with Crippen LogP contribution >= 0.6 is 0 Å². The first-order valence-electron chi connectivity index (χ1n) is 7.71. The minimum atomic E-state index is -0.550. The number of likely N-dealkylation sites (tertiary alicyclic amines) is 1. The van der Waals surface area contributed by atoms with Crippen molar-refractivity contribution in [3.8, 4) is 0 Å². The van der Waals surface area contributed by atoms with E-state index in [-0.39, 0.29) is 23.4 Å². The lowest BCUT2D eigenvalue weighted by atomic mass is 9.91. The van der Waals surface area contributed by atoms with E-state index in [0.29, 0.717) is 19.4 Å². The Kier molecular flexibility index (Phi) is 5.59. The van der Waals surface area contributed by atoms with Crippen LogP contribution in [-0.4, -0.2) is 47.3 Å². The summed E-state index contributed by atoms with van der Waals surface area (Å²) in [6.45, 7) is 11.9. The Labute approximate surface area is 133 Å². The van der Waals surface area contributed by atoms with Crippen molar-refractivity contribution in [2.24, 2.45) is 5.41 Å². The van der Waals surface area contributed by atoms with Gasteiger partial charge in [-0.1, -0.05) is 20.8 Å². The highest BCUT2D eigenvalue weighted by molar-refractivity contribution is 5.81. The van der Waals surface area contributed by atoms with Gasteiger partial charge in [-0.2, -0.15) is 0 Å². The van der Waals surface area contributed by atoms with Crippen LogP contribution in [0, 0.1) is 10.8 Å². The van der Waals surface area contributed by atoms with Gasteiger partial charge >= 0.3 is 6.09 Å². The summed E-state index contributed by atoms with van der Waals surface area (Å²) in [5, 5.41) is 10.3. The summed E-state index contributed by atoms with van der Waals surface area (Å²) in [5.74, 6) is 0.0227. The van der Waals surface area contributed by atoms with Crippen LogP contribution in [0.3, 0.4) is 0 Å². The van der Waals surface area contributed by atoms with Crippen molar-refractivity contribution in [1.29, 1.82) is 5.41 Å². The van der Waals surface area contributed by atoms with Crippen LogP contribution in [0.25, 0.3) is 0 Å². The maximum Gasteiger partial charge on any atom is 0.407 e. The lowest BCUT2D eigenvalue weighted by molar-refractivity contribution is -0.132. The fourth-order valence-electron chi connectivity index (χ4n) is 2.44. The molecule has 2 amide bonds. The van der Waals surface area contributed by atoms with Crippen LogP contribution in [0.4, 0.5) is 4.79 Å². The van der Waals surface area contributed by atoms with Crippen molar-refractivity contribution in [1.82, 2.24) is 10.2 Å². The van der Waals surface area contributed by atoms with Crippen LogP contribution in [0.1, 0.15) is 54.4 Å². The second kappa shape index (κ2) is 6.67. The zero-order chi connectivity index (χ0) is 17.1. The second-order valence-electron chi connectivity index (χ2n) is 8.10. The SMILES string of the molecule is CC(C)(C)CC(=O)N1C[C@@H](NC(=O)OC(C)(C)C)C[C@H]1C=N. The van der Waals surface area contributed by atoms with Crippen LogP contribution in [0.15, 0.2) is 0 Å². The molecule has 2 N–H and O–H groups in total. The topological polar surface area (TPSA) is 82.5 Å². The number of carbonyl (C=O) groups is 2. The Morgan fingerprint density at radius 2 is 1.86 bits per heavy atom. The second-order valence-corrected chi connectivity index (χ2v) is 8.10. The molecule has 0 aromatic carbocycles. The van der Waals surface area contributed by atoms with Gasteiger partial charge in [0.2, 0.25) is 5.91 Å². The Hall–Kier alpha value is -1.59. The molecule has 6 nitrogen and oxygen atoms in total. The van der Waals surface area contributed by atoms with Crippen molar-refractivity contribution in [2.75, 3.05) is 6.54 Å². The number of hydrogen-bond acceptors (Lipinski definition) is 4. The smallest absolute Gasteiger partial charge is 0.407 e. The summed E-state index contributed by atoms with van der Waals surface area (Å²) in [6, 6.07) is -0.430. The number of hydrogen-bond donors (Lipinski definition) is 2. The van der Waals surface area contributed by atoms with Crippen molar-refractivity contribution in [2.45, 2.75) is 72.1 Å². The van der Waals surface area contributed by atoms with E-state index < -0.39 is 11.7 Å². The molecule has 0 radical (unpaired) electrons. The molecule has 126 valence electrons. The third kappa shape index (κ3) is 6.03. The first-order valence-corrected chi connectivity index (χ1v) is 7.71. The number of amides is 2. The number of carbonyl (C=O) groups excluding carboxylic acids is 2. The molecule has 22 heavy (non-hydrogen) atoms. The van der Waals surface area contributed by atoms with Crippen molar-refractivity contribution in [3.63, 3.8) is 0 Å². The molecular weight excluding hydrogens is 282 g/mol. The molecule has 1 rings (SSSR count). The maximum atomic E-state index is 12.4. The molecule has 0 aromatic heterocycles. The average Bonchev–Trinajstić information content (AvgIpc) is 2.66. The van der Waals surface area contributed by atoms with Gasteiger partial charge in [0.25, 0.3) is 0 Å². The van der Waals surface area contributed by atoms with Crippen LogP contribution in [0.5, 0.6) is 0 Å². The normalized spacial score (nSPS) is 22.4. The van der Waals surface area contributed by atoms with Gasteiger partial charge in [-0.05, 0) is 32.6 Å². The standard InChI is InChI=1S/C16H29N3O3/c1-15(2,3)8-13(20)19-10-11(7-12(19)9-17)18-14(21)22-16(4,5)6/h9,11-12,17H,7-8,10H2,1-6H3,(H,18,21)/t11-,12-/m0/s1. The Bertz CT molecular complexity index is 435. The first-order chi connectivity index (χ1) is 9.91. The Balaban J connectivity index is 2.63. The minimum Gasteiger partial charge on any atom is -0.444 e. The minimum absolute atomic E-state index is 0.0227. The number of rotatable bonds is 3. The summed E-state index contributed by atoms with van der Waals surface area (Å²) in [5.41, 5.74) is -0.647. The van der Waals surface area contributed by atoms with Crippen LogP contribution in [0.2, 0.25) is 0 Å². The molecule has 1 saturated heterocycles. The largest absolute Gasteiger partial charge is 0.444 e. The zero-order valence-corrected chi connectivity index (χ0v) is 14.5. The van der Waals surface area contributed by atoms with Gasteiger partial charge in [-0.15, -0.1) is 0 Å². The molecule has 0 spiro atoms. The quantitative estimate of drug-likeness (QED) is 0.786. The van der Waals surface area contributed by atoms with Gasteiger partial charge in [-0.25, -0.2) is 4.79 Å². The zero-order valence-electron chi connectivity index (χ0n) is 14.5. The number of nitrogens with one attached hydrogen (secondary N) is 2. The molecule has 0 unspecified atom stereocenters. The highest BCUT2D eigenvalue weighted by atomic mass is 16.6. The van der Waals surface area contributed by atoms with Gasteiger partial charge in [0, 0.05) is 19.2 Å². The van der Waals surface area contributed by atoms with E-state index in [0.717, 1.165) is 0 Å². The van der Waals surface area contributed by atoms with E-state index in [1.54, 1.807) is 25.7 Å². The Morgan fingerprint density at radius 1 is 1.27 bits per heavy atom. The lowest BCUT2D eigenvalue weighted by Gasteiger charge is -2.26. The van der Waals surface area contributed by atoms with E-state index in [1.165, 1.54) is 6.21 Å². The van der Waals surface area contributed by atoms with E-state index >= 15 is 0 Å². The number of alkyl carbamates (subject to hydrolysis) is 1. The lowest BCUT2D eigenvalue weighted by Crippen LogP contribution is -2.42. The van der Waals surface area contributed by atoms with Crippen LogP contribution < -0.4 is 5.32 Å². The predicted octanol–water partition coefficient (Wildman–Crippen LogP) is 2.57. The molecule has 1 aliphatic heterocycles. The molecule has 2 atom stereocenters. The molecule has 1 aliphatic rings. The molecular formula is C16H29N3O3. The highest BCUT2D eigenvalue weighted by Gasteiger charge is 2.36. The maximum absolute atomic E-state index is 12.4. The summed E-state index contributed by atoms with van der Waals surface area (Å²) >= 11 is 0. The molecule has 0 aliphatic carbocycles. The highest BCUT2D eigenvalue weighted by Crippen LogP contribution is 2.24. The van der Waals surface area contributed by atoms with Gasteiger partial charge in [0.15, 0.2) is 0 Å². The average molecular weight is 311 g/mol. The Morgan fingerprint density at radius 3 is 2.32 bits per heavy atom. The van der Waals surface area contributed by atoms with Crippen molar-refractivity contribution < 1.29 is 14.3 Å². The molecule has 1 fully saturated rings. The summed E-state index contributed by atoms with van der Waals surface area (Å²) < 4.78 is 5.23. The monoisotopic (exact) mass is 311 g/mol. The first kappa shape index (κ1) is 18.5. The fraction of sp³-hybridized carbons (Fsp3) is 0.812. The van der Waals surface area contributed by atoms with Crippen molar-refractivity contribution in [3.05, 3.63) is 0 Å². The van der Waals surface area contributed by atoms with Gasteiger partial charge in [0.05, 0.1) is 12.1 Å². The molecule has 0 saturated carbocycles. The summed E-state index contributed by atoms with van der Waals surface area (Å²) in [6.07, 6.45) is 1.78. The van der Waals surface area contributed by atoms with E-state index in [1.807, 2.05) is 20.8 Å². The third-order valence-corrected chi connectivity index (χ3v) is 3.26. The predicted molar refractivity (Wildman–Crippen MR) is 86.1 cm³/mol. The number of nitrogens with zero attached hydrogens (tertiary/aromatic N) is 1. The third-order valence-electron chi connectivity index (χ3n) is 3.26. The van der Waals surface area contributed by atoms with E-state index in [9.17, 15) is 9.59 Å². The summed E-state index contributed by atoms with van der Waals surface area (Å²) in [7, 11) is 0. The van der Waals surface area contributed by atoms with E-state index in [4.69, 9.17) is 10.1 Å². The van der Waals surface area contributed by atoms with Gasteiger partial charge in [-0.3, -0.25) is 4.79 Å². The van der Waals surface area contributed by atoms with Crippen molar-refractivity contribution >= 4 is 18.2 Å². The molecule has 1 heterocycles. The van der Waals surface area contributed by atoms with Crippen LogP contribution in [-0.2, 0) is 9.53 Å². The fourth-order valence-corrected chi connectivity index (χ4v) is 2.44.